The first kappa shape index (κ1) is 10.9. The summed E-state index contributed by atoms with van der Waals surface area (Å²) in [7, 11) is 0. The van der Waals surface area contributed by atoms with Crippen LogP contribution in [0.25, 0.3) is 0 Å². The van der Waals surface area contributed by atoms with Gasteiger partial charge in [0.05, 0.1) is 0 Å². The SMILES string of the molecule is CCCc1nsc(N2CCC(C)CC2)n1. The van der Waals surface area contributed by atoms with Crippen molar-refractivity contribution in [3.63, 3.8) is 0 Å². The zero-order chi connectivity index (χ0) is 10.7. The highest BCUT2D eigenvalue weighted by Gasteiger charge is 2.18. The van der Waals surface area contributed by atoms with Crippen LogP contribution in [0.1, 0.15) is 38.9 Å². The van der Waals surface area contributed by atoms with Gasteiger partial charge in [0.15, 0.2) is 0 Å². The summed E-state index contributed by atoms with van der Waals surface area (Å²) < 4.78 is 4.39. The van der Waals surface area contributed by atoms with Gasteiger partial charge in [-0.05, 0) is 25.2 Å². The Morgan fingerprint density at radius 3 is 2.80 bits per heavy atom. The molecule has 0 N–H and O–H groups in total. The van der Waals surface area contributed by atoms with Crippen molar-refractivity contribution in [2.24, 2.45) is 5.92 Å². The maximum absolute atomic E-state index is 4.58. The van der Waals surface area contributed by atoms with Gasteiger partial charge in [0.2, 0.25) is 5.13 Å². The third kappa shape index (κ3) is 2.68. The molecule has 1 saturated heterocycles. The van der Waals surface area contributed by atoms with Gasteiger partial charge >= 0.3 is 0 Å². The Morgan fingerprint density at radius 1 is 1.40 bits per heavy atom. The molecule has 1 fully saturated rings. The zero-order valence-corrected chi connectivity index (χ0v) is 10.4. The molecule has 84 valence electrons. The Morgan fingerprint density at radius 2 is 2.13 bits per heavy atom. The van der Waals surface area contributed by atoms with Crippen LogP contribution in [0.4, 0.5) is 5.13 Å². The highest BCUT2D eigenvalue weighted by atomic mass is 32.1. The molecule has 0 amide bonds. The molecule has 2 heterocycles. The minimum atomic E-state index is 0.879. The zero-order valence-electron chi connectivity index (χ0n) is 9.57. The number of nitrogens with zero attached hydrogens (tertiary/aromatic N) is 3. The lowest BCUT2D eigenvalue weighted by molar-refractivity contribution is 0.438. The van der Waals surface area contributed by atoms with Gasteiger partial charge in [-0.25, -0.2) is 4.98 Å². The first-order chi connectivity index (χ1) is 7.29. The molecule has 0 unspecified atom stereocenters. The van der Waals surface area contributed by atoms with E-state index in [1.807, 2.05) is 0 Å². The van der Waals surface area contributed by atoms with Crippen molar-refractivity contribution in [1.82, 2.24) is 9.36 Å². The fourth-order valence-corrected chi connectivity index (χ4v) is 2.66. The minimum Gasteiger partial charge on any atom is -0.347 e. The highest BCUT2D eigenvalue weighted by molar-refractivity contribution is 7.09. The summed E-state index contributed by atoms with van der Waals surface area (Å²) in [5.41, 5.74) is 0. The van der Waals surface area contributed by atoms with Gasteiger partial charge in [-0.2, -0.15) is 4.37 Å². The average molecular weight is 225 g/mol. The van der Waals surface area contributed by atoms with Crippen LogP contribution in [0.5, 0.6) is 0 Å². The summed E-state index contributed by atoms with van der Waals surface area (Å²) in [5, 5.41) is 1.13. The van der Waals surface area contributed by atoms with E-state index in [0.29, 0.717) is 0 Å². The van der Waals surface area contributed by atoms with Crippen LogP contribution in [-0.4, -0.2) is 22.4 Å². The molecular formula is C11H19N3S. The number of aryl methyl sites for hydroxylation is 1. The Bertz CT molecular complexity index is 303. The molecule has 0 aromatic carbocycles. The summed E-state index contributed by atoms with van der Waals surface area (Å²) in [6.45, 7) is 6.81. The van der Waals surface area contributed by atoms with Crippen LogP contribution in [0, 0.1) is 5.92 Å². The molecule has 0 spiro atoms. The summed E-state index contributed by atoms with van der Waals surface area (Å²) in [6, 6.07) is 0. The van der Waals surface area contributed by atoms with E-state index >= 15 is 0 Å². The molecule has 2 rings (SSSR count). The number of aromatic nitrogens is 2. The van der Waals surface area contributed by atoms with Crippen molar-refractivity contribution in [1.29, 1.82) is 0 Å². The van der Waals surface area contributed by atoms with E-state index < -0.39 is 0 Å². The topological polar surface area (TPSA) is 29.0 Å². The Hall–Kier alpha value is -0.640. The van der Waals surface area contributed by atoms with Gasteiger partial charge in [0.1, 0.15) is 5.82 Å². The molecule has 4 heteroatoms. The van der Waals surface area contributed by atoms with Crippen molar-refractivity contribution in [2.75, 3.05) is 18.0 Å². The van der Waals surface area contributed by atoms with Crippen molar-refractivity contribution < 1.29 is 0 Å². The summed E-state index contributed by atoms with van der Waals surface area (Å²) >= 11 is 1.56. The largest absolute Gasteiger partial charge is 0.347 e. The highest BCUT2D eigenvalue weighted by Crippen LogP contribution is 2.24. The standard InChI is InChI=1S/C11H19N3S/c1-3-4-10-12-11(15-13-10)14-7-5-9(2)6-8-14/h9H,3-8H2,1-2H3. The predicted molar refractivity (Wildman–Crippen MR) is 64.5 cm³/mol. The number of hydrogen-bond acceptors (Lipinski definition) is 4. The summed E-state index contributed by atoms with van der Waals surface area (Å²) in [5.74, 6) is 1.90. The molecule has 0 atom stereocenters. The molecule has 1 aromatic rings. The monoisotopic (exact) mass is 225 g/mol. The second-order valence-corrected chi connectivity index (χ2v) is 5.14. The molecule has 0 aliphatic carbocycles. The lowest BCUT2D eigenvalue weighted by Crippen LogP contribution is -2.32. The van der Waals surface area contributed by atoms with Crippen LogP contribution in [-0.2, 0) is 6.42 Å². The molecule has 15 heavy (non-hydrogen) atoms. The van der Waals surface area contributed by atoms with Crippen LogP contribution in [0.2, 0.25) is 0 Å². The number of hydrogen-bond donors (Lipinski definition) is 0. The normalized spacial score (nSPS) is 18.4. The minimum absolute atomic E-state index is 0.879. The molecule has 0 bridgehead atoms. The van der Waals surface area contributed by atoms with Crippen LogP contribution < -0.4 is 4.90 Å². The fourth-order valence-electron chi connectivity index (χ4n) is 1.90. The van der Waals surface area contributed by atoms with Gasteiger partial charge in [-0.1, -0.05) is 13.8 Å². The molecule has 1 aliphatic heterocycles. The van der Waals surface area contributed by atoms with Crippen molar-refractivity contribution >= 4 is 16.7 Å². The van der Waals surface area contributed by atoms with Crippen molar-refractivity contribution in [2.45, 2.75) is 39.5 Å². The summed E-state index contributed by atoms with van der Waals surface area (Å²) in [4.78, 5) is 6.97. The van der Waals surface area contributed by atoms with E-state index in [1.54, 1.807) is 11.5 Å². The smallest absolute Gasteiger partial charge is 0.205 e. The predicted octanol–water partition coefficient (Wildman–Crippen LogP) is 2.73. The number of anilines is 1. The molecule has 0 saturated carbocycles. The number of piperidine rings is 1. The molecule has 0 radical (unpaired) electrons. The molecule has 1 aliphatic rings. The lowest BCUT2D eigenvalue weighted by Gasteiger charge is -2.29. The van der Waals surface area contributed by atoms with E-state index in [9.17, 15) is 0 Å². The van der Waals surface area contributed by atoms with Crippen LogP contribution in [0.15, 0.2) is 0 Å². The van der Waals surface area contributed by atoms with E-state index in [0.717, 1.165) is 42.8 Å². The Balaban J connectivity index is 1.96. The third-order valence-electron chi connectivity index (χ3n) is 2.99. The van der Waals surface area contributed by atoms with Crippen molar-refractivity contribution in [3.8, 4) is 0 Å². The van der Waals surface area contributed by atoms with Crippen LogP contribution >= 0.6 is 11.5 Å². The maximum Gasteiger partial charge on any atom is 0.205 e. The quantitative estimate of drug-likeness (QED) is 0.792. The number of rotatable bonds is 3. The van der Waals surface area contributed by atoms with E-state index in [2.05, 4.69) is 28.1 Å². The first-order valence-corrected chi connectivity index (χ1v) is 6.64. The molecule has 3 nitrogen and oxygen atoms in total. The van der Waals surface area contributed by atoms with Crippen LogP contribution in [0.3, 0.4) is 0 Å². The van der Waals surface area contributed by atoms with Gasteiger partial charge < -0.3 is 4.90 Å². The Kier molecular flexibility index (Phi) is 3.57. The van der Waals surface area contributed by atoms with Gasteiger partial charge in [0.25, 0.3) is 0 Å². The summed E-state index contributed by atoms with van der Waals surface area (Å²) in [6.07, 6.45) is 4.74. The van der Waals surface area contributed by atoms with E-state index in [-0.39, 0.29) is 0 Å². The van der Waals surface area contributed by atoms with Gasteiger partial charge in [-0.3, -0.25) is 0 Å². The third-order valence-corrected chi connectivity index (χ3v) is 3.80. The lowest BCUT2D eigenvalue weighted by atomic mass is 10.00. The maximum atomic E-state index is 4.58. The molecular weight excluding hydrogens is 206 g/mol. The second kappa shape index (κ2) is 4.92. The molecule has 1 aromatic heterocycles. The Labute approximate surface area is 95.7 Å². The first-order valence-electron chi connectivity index (χ1n) is 5.87. The van der Waals surface area contributed by atoms with E-state index in [1.165, 1.54) is 12.8 Å². The fraction of sp³-hybridized carbons (Fsp3) is 0.818. The van der Waals surface area contributed by atoms with E-state index in [4.69, 9.17) is 0 Å². The van der Waals surface area contributed by atoms with Crippen molar-refractivity contribution in [3.05, 3.63) is 5.82 Å². The van der Waals surface area contributed by atoms with Gasteiger partial charge in [-0.15, -0.1) is 0 Å². The average Bonchev–Trinajstić information content (AvgIpc) is 2.68. The second-order valence-electron chi connectivity index (χ2n) is 4.41. The van der Waals surface area contributed by atoms with Gasteiger partial charge in [0, 0.05) is 31.0 Å².